The van der Waals surface area contributed by atoms with Crippen LogP contribution in [0, 0.1) is 32.4 Å². The lowest BCUT2D eigenvalue weighted by Gasteiger charge is -2.22. The first kappa shape index (κ1) is 22.4. The van der Waals surface area contributed by atoms with E-state index in [0.717, 1.165) is 40.0 Å². The van der Waals surface area contributed by atoms with Gasteiger partial charge in [-0.15, -0.1) is 0 Å². The number of benzene rings is 2. The number of aromatic nitrogens is 1. The van der Waals surface area contributed by atoms with Gasteiger partial charge >= 0.3 is 6.03 Å². The van der Waals surface area contributed by atoms with Gasteiger partial charge in [-0.25, -0.2) is 13.6 Å². The average molecular weight is 451 g/mol. The molecule has 1 aliphatic heterocycles. The van der Waals surface area contributed by atoms with Gasteiger partial charge in [-0.3, -0.25) is 14.5 Å². The van der Waals surface area contributed by atoms with Crippen LogP contribution in [0.4, 0.5) is 13.6 Å². The number of halogens is 2. The SMILES string of the molecule is Cc1cccc(-n2c(C)cc(C(=O)CN3C(=O)NC(C)(c4cc(F)ccc4F)C3=O)c2C)c1. The highest BCUT2D eigenvalue weighted by Crippen LogP contribution is 2.31. The minimum atomic E-state index is -1.82. The van der Waals surface area contributed by atoms with Crippen LogP contribution in [-0.4, -0.2) is 33.7 Å². The molecule has 1 aliphatic rings. The fourth-order valence-corrected chi connectivity index (χ4v) is 4.34. The molecule has 6 nitrogen and oxygen atoms in total. The molecule has 1 atom stereocenters. The highest BCUT2D eigenvalue weighted by atomic mass is 19.1. The van der Waals surface area contributed by atoms with Gasteiger partial charge in [0.05, 0.1) is 6.54 Å². The van der Waals surface area contributed by atoms with Crippen LogP contribution < -0.4 is 5.32 Å². The summed E-state index contributed by atoms with van der Waals surface area (Å²) in [6.45, 7) is 6.40. The van der Waals surface area contributed by atoms with Gasteiger partial charge in [0, 0.05) is 28.2 Å². The largest absolute Gasteiger partial charge is 0.325 e. The average Bonchev–Trinajstić information content (AvgIpc) is 3.17. The van der Waals surface area contributed by atoms with Crippen molar-refractivity contribution in [2.45, 2.75) is 33.2 Å². The molecule has 2 aromatic carbocycles. The molecule has 1 unspecified atom stereocenters. The molecule has 8 heteroatoms. The molecular formula is C25H23F2N3O3. The molecule has 0 radical (unpaired) electrons. The summed E-state index contributed by atoms with van der Waals surface area (Å²) in [5.41, 5.74) is 1.72. The van der Waals surface area contributed by atoms with E-state index in [2.05, 4.69) is 5.32 Å². The van der Waals surface area contributed by atoms with E-state index in [4.69, 9.17) is 0 Å². The number of hydrogen-bond donors (Lipinski definition) is 1. The summed E-state index contributed by atoms with van der Waals surface area (Å²) < 4.78 is 30.0. The second-order valence-corrected chi connectivity index (χ2v) is 8.45. The number of carbonyl (C=O) groups excluding carboxylic acids is 3. The Morgan fingerprint density at radius 3 is 2.45 bits per heavy atom. The van der Waals surface area contributed by atoms with Crippen molar-refractivity contribution >= 4 is 17.7 Å². The van der Waals surface area contributed by atoms with Crippen molar-refractivity contribution in [2.24, 2.45) is 0 Å². The number of urea groups is 1. The first-order valence-electron chi connectivity index (χ1n) is 10.4. The second kappa shape index (κ2) is 7.95. The Kier molecular flexibility index (Phi) is 5.40. The number of Topliss-reactive ketones (excluding diaryl/α,β-unsaturated/α-hetero) is 1. The number of amides is 3. The third-order valence-corrected chi connectivity index (χ3v) is 6.04. The molecule has 3 aromatic rings. The molecular weight excluding hydrogens is 428 g/mol. The third kappa shape index (κ3) is 3.71. The Morgan fingerprint density at radius 2 is 1.76 bits per heavy atom. The maximum absolute atomic E-state index is 14.4. The van der Waals surface area contributed by atoms with Crippen LogP contribution >= 0.6 is 0 Å². The smallest absolute Gasteiger partial charge is 0.319 e. The summed E-state index contributed by atoms with van der Waals surface area (Å²) in [4.78, 5) is 39.5. The van der Waals surface area contributed by atoms with E-state index in [-0.39, 0.29) is 5.56 Å². The first-order chi connectivity index (χ1) is 15.5. The van der Waals surface area contributed by atoms with Crippen molar-refractivity contribution in [1.82, 2.24) is 14.8 Å². The molecule has 1 fully saturated rings. The number of imide groups is 1. The van der Waals surface area contributed by atoms with E-state index >= 15 is 0 Å². The predicted octanol–water partition coefficient (Wildman–Crippen LogP) is 4.33. The lowest BCUT2D eigenvalue weighted by atomic mass is 9.91. The predicted molar refractivity (Wildman–Crippen MR) is 118 cm³/mol. The molecule has 2 heterocycles. The molecule has 1 N–H and O–H groups in total. The number of aryl methyl sites for hydroxylation is 2. The molecule has 33 heavy (non-hydrogen) atoms. The molecule has 0 bridgehead atoms. The van der Waals surface area contributed by atoms with E-state index < -0.39 is 41.4 Å². The van der Waals surface area contributed by atoms with Crippen molar-refractivity contribution < 1.29 is 23.2 Å². The minimum Gasteiger partial charge on any atom is -0.319 e. The third-order valence-electron chi connectivity index (χ3n) is 6.04. The highest BCUT2D eigenvalue weighted by Gasteiger charge is 2.51. The van der Waals surface area contributed by atoms with Crippen molar-refractivity contribution in [3.05, 3.63) is 88.2 Å². The zero-order chi connectivity index (χ0) is 24.1. The molecule has 0 aliphatic carbocycles. The van der Waals surface area contributed by atoms with Gasteiger partial charge in [0.1, 0.15) is 17.2 Å². The van der Waals surface area contributed by atoms with E-state index in [1.165, 1.54) is 6.92 Å². The number of ketones is 1. The number of nitrogens with zero attached hydrogens (tertiary/aromatic N) is 2. The van der Waals surface area contributed by atoms with Crippen LogP contribution in [0.25, 0.3) is 5.69 Å². The van der Waals surface area contributed by atoms with E-state index in [0.29, 0.717) is 11.3 Å². The van der Waals surface area contributed by atoms with Gasteiger partial charge in [-0.05, 0) is 69.7 Å². The molecule has 1 aromatic heterocycles. The first-order valence-corrected chi connectivity index (χ1v) is 10.4. The number of carbonyl (C=O) groups is 3. The van der Waals surface area contributed by atoms with Crippen molar-refractivity contribution in [3.8, 4) is 5.69 Å². The normalized spacial score (nSPS) is 18.1. The summed E-state index contributed by atoms with van der Waals surface area (Å²) in [7, 11) is 0. The Morgan fingerprint density at radius 1 is 1.03 bits per heavy atom. The van der Waals surface area contributed by atoms with E-state index in [1.54, 1.807) is 13.0 Å². The summed E-state index contributed by atoms with van der Waals surface area (Å²) in [5.74, 6) is -2.83. The second-order valence-electron chi connectivity index (χ2n) is 8.45. The molecule has 3 amide bonds. The zero-order valence-corrected chi connectivity index (χ0v) is 18.7. The standard InChI is InChI=1S/C25H23F2N3O3/c1-14-6-5-7-18(10-14)30-15(2)11-19(16(30)3)22(31)13-29-23(32)25(4,28-24(29)33)20-12-17(26)8-9-21(20)27/h5-12H,13H2,1-4H3,(H,28,33). The maximum atomic E-state index is 14.4. The van der Waals surface area contributed by atoms with Crippen molar-refractivity contribution in [1.29, 1.82) is 0 Å². The van der Waals surface area contributed by atoms with Crippen molar-refractivity contribution in [3.63, 3.8) is 0 Å². The van der Waals surface area contributed by atoms with Gasteiger partial charge < -0.3 is 9.88 Å². The van der Waals surface area contributed by atoms with Crippen LogP contribution in [-0.2, 0) is 10.3 Å². The van der Waals surface area contributed by atoms with Gasteiger partial charge in [-0.1, -0.05) is 12.1 Å². The van der Waals surface area contributed by atoms with Crippen LogP contribution in [0.15, 0.2) is 48.5 Å². The zero-order valence-electron chi connectivity index (χ0n) is 18.7. The molecule has 4 rings (SSSR count). The van der Waals surface area contributed by atoms with Crippen molar-refractivity contribution in [2.75, 3.05) is 6.54 Å². The molecule has 1 saturated heterocycles. The number of hydrogen-bond acceptors (Lipinski definition) is 3. The van der Waals surface area contributed by atoms with Crippen LogP contribution in [0.2, 0.25) is 0 Å². The van der Waals surface area contributed by atoms with Gasteiger partial charge in [0.2, 0.25) is 0 Å². The fraction of sp³-hybridized carbons (Fsp3) is 0.240. The van der Waals surface area contributed by atoms with E-state index in [9.17, 15) is 23.2 Å². The Bertz CT molecular complexity index is 1310. The molecule has 170 valence electrons. The number of nitrogens with one attached hydrogen (secondary N) is 1. The van der Waals surface area contributed by atoms with Gasteiger partial charge in [0.15, 0.2) is 5.78 Å². The van der Waals surface area contributed by atoms with E-state index in [1.807, 2.05) is 42.7 Å². The Labute approximate surface area is 189 Å². The Hall–Kier alpha value is -3.81. The number of rotatable bonds is 5. The summed E-state index contributed by atoms with van der Waals surface area (Å²) >= 11 is 0. The lowest BCUT2D eigenvalue weighted by Crippen LogP contribution is -2.42. The summed E-state index contributed by atoms with van der Waals surface area (Å²) in [6, 6.07) is 11.4. The van der Waals surface area contributed by atoms with Crippen LogP contribution in [0.1, 0.15) is 39.8 Å². The molecule has 0 saturated carbocycles. The Balaban J connectivity index is 1.63. The molecule has 0 spiro atoms. The highest BCUT2D eigenvalue weighted by molar-refractivity contribution is 6.11. The topological polar surface area (TPSA) is 71.4 Å². The lowest BCUT2D eigenvalue weighted by molar-refractivity contribution is -0.130. The van der Waals surface area contributed by atoms with Gasteiger partial charge in [-0.2, -0.15) is 0 Å². The fourth-order valence-electron chi connectivity index (χ4n) is 4.34. The summed E-state index contributed by atoms with van der Waals surface area (Å²) in [5, 5.41) is 2.41. The maximum Gasteiger partial charge on any atom is 0.325 e. The summed E-state index contributed by atoms with van der Waals surface area (Å²) in [6.07, 6.45) is 0. The minimum absolute atomic E-state index is 0.298. The van der Waals surface area contributed by atoms with Crippen LogP contribution in [0.3, 0.4) is 0 Å². The van der Waals surface area contributed by atoms with Gasteiger partial charge in [0.25, 0.3) is 5.91 Å². The monoisotopic (exact) mass is 451 g/mol. The van der Waals surface area contributed by atoms with Crippen LogP contribution in [0.5, 0.6) is 0 Å². The quantitative estimate of drug-likeness (QED) is 0.464.